The summed E-state index contributed by atoms with van der Waals surface area (Å²) in [7, 11) is 0. The molecule has 1 N–H and O–H groups in total. The quantitative estimate of drug-likeness (QED) is 0.487. The minimum atomic E-state index is -0.683. The second-order valence-corrected chi connectivity index (χ2v) is 6.18. The molecule has 8 nitrogen and oxygen atoms in total. The number of nitro groups is 1. The number of halogens is 2. The Hall–Kier alpha value is -2.97. The highest BCUT2D eigenvalue weighted by molar-refractivity contribution is 6.43. The van der Waals surface area contributed by atoms with Crippen molar-refractivity contribution >= 4 is 52.3 Å². The molecule has 3 rings (SSSR count). The SMILES string of the molecule is O=C(CN1C(=O)c2cc(Cl)c(Cl)cc2C1=O)Nc1cccc([N+](=O)[O-])c1. The monoisotopic (exact) mass is 393 g/mol. The van der Waals surface area contributed by atoms with E-state index in [0.717, 1.165) is 4.90 Å². The van der Waals surface area contributed by atoms with E-state index in [-0.39, 0.29) is 32.5 Å². The second kappa shape index (κ2) is 6.74. The maximum Gasteiger partial charge on any atom is 0.271 e. The van der Waals surface area contributed by atoms with Crippen molar-refractivity contribution in [1.29, 1.82) is 0 Å². The van der Waals surface area contributed by atoms with Crippen molar-refractivity contribution in [2.75, 3.05) is 11.9 Å². The average Bonchev–Trinajstić information content (AvgIpc) is 2.80. The Balaban J connectivity index is 1.76. The zero-order chi connectivity index (χ0) is 19.0. The highest BCUT2D eigenvalue weighted by Gasteiger charge is 2.37. The molecule has 0 radical (unpaired) electrons. The molecule has 0 aromatic heterocycles. The van der Waals surface area contributed by atoms with E-state index >= 15 is 0 Å². The lowest BCUT2D eigenvalue weighted by molar-refractivity contribution is -0.384. The number of hydrogen-bond donors (Lipinski definition) is 1. The lowest BCUT2D eigenvalue weighted by atomic mass is 10.1. The number of hydrogen-bond acceptors (Lipinski definition) is 5. The number of imide groups is 1. The van der Waals surface area contributed by atoms with Crippen LogP contribution in [-0.2, 0) is 4.79 Å². The van der Waals surface area contributed by atoms with Gasteiger partial charge in [-0.25, -0.2) is 0 Å². The van der Waals surface area contributed by atoms with Crippen molar-refractivity contribution < 1.29 is 19.3 Å². The van der Waals surface area contributed by atoms with E-state index in [1.165, 1.54) is 36.4 Å². The van der Waals surface area contributed by atoms with Gasteiger partial charge in [-0.05, 0) is 18.2 Å². The van der Waals surface area contributed by atoms with Gasteiger partial charge in [0.15, 0.2) is 0 Å². The largest absolute Gasteiger partial charge is 0.324 e. The fourth-order valence-corrected chi connectivity index (χ4v) is 2.80. The number of anilines is 1. The van der Waals surface area contributed by atoms with Gasteiger partial charge in [0, 0.05) is 17.8 Å². The molecule has 0 saturated heterocycles. The van der Waals surface area contributed by atoms with Crippen LogP contribution in [0, 0.1) is 10.1 Å². The van der Waals surface area contributed by atoms with Gasteiger partial charge >= 0.3 is 0 Å². The molecule has 0 unspecified atom stereocenters. The van der Waals surface area contributed by atoms with Gasteiger partial charge in [-0.1, -0.05) is 29.3 Å². The number of nitro benzene ring substituents is 1. The number of benzene rings is 2. The van der Waals surface area contributed by atoms with Crippen molar-refractivity contribution in [2.45, 2.75) is 0 Å². The van der Waals surface area contributed by atoms with E-state index in [1.807, 2.05) is 0 Å². The van der Waals surface area contributed by atoms with E-state index in [1.54, 1.807) is 0 Å². The van der Waals surface area contributed by atoms with Gasteiger partial charge in [-0.3, -0.25) is 29.4 Å². The standard InChI is InChI=1S/C16H9Cl2N3O5/c17-12-5-10-11(6-13(12)18)16(24)20(15(10)23)7-14(22)19-8-2-1-3-9(4-8)21(25)26/h1-6H,7H2,(H,19,22). The van der Waals surface area contributed by atoms with Crippen molar-refractivity contribution in [3.8, 4) is 0 Å². The maximum absolute atomic E-state index is 12.3. The summed E-state index contributed by atoms with van der Waals surface area (Å²) in [6.07, 6.45) is 0. The predicted molar refractivity (Wildman–Crippen MR) is 93.6 cm³/mol. The number of carbonyl (C=O) groups is 3. The molecule has 1 heterocycles. The molecular weight excluding hydrogens is 385 g/mol. The van der Waals surface area contributed by atoms with Gasteiger partial charge in [-0.15, -0.1) is 0 Å². The molecule has 2 aromatic rings. The number of rotatable bonds is 4. The molecular formula is C16H9Cl2N3O5. The van der Waals surface area contributed by atoms with E-state index in [9.17, 15) is 24.5 Å². The second-order valence-electron chi connectivity index (χ2n) is 5.36. The number of nitrogens with one attached hydrogen (secondary N) is 1. The Kier molecular flexibility index (Phi) is 4.62. The van der Waals surface area contributed by atoms with Crippen LogP contribution in [-0.4, -0.2) is 34.1 Å². The number of carbonyl (C=O) groups excluding carboxylic acids is 3. The summed E-state index contributed by atoms with van der Waals surface area (Å²) in [6, 6.07) is 7.84. The molecule has 1 aliphatic rings. The summed E-state index contributed by atoms with van der Waals surface area (Å²) in [4.78, 5) is 47.7. The summed E-state index contributed by atoms with van der Waals surface area (Å²) in [5.74, 6) is -2.02. The molecule has 3 amide bonds. The molecule has 10 heteroatoms. The Labute approximate surface area is 156 Å². The van der Waals surface area contributed by atoms with E-state index in [2.05, 4.69) is 5.32 Å². The normalized spacial score (nSPS) is 12.9. The van der Waals surface area contributed by atoms with Crippen LogP contribution >= 0.6 is 23.2 Å². The van der Waals surface area contributed by atoms with Crippen LogP contribution in [0.15, 0.2) is 36.4 Å². The predicted octanol–water partition coefficient (Wildman–Crippen LogP) is 3.14. The minimum Gasteiger partial charge on any atom is -0.324 e. The van der Waals surface area contributed by atoms with Crippen molar-refractivity contribution in [1.82, 2.24) is 4.90 Å². The maximum atomic E-state index is 12.3. The summed E-state index contributed by atoms with van der Waals surface area (Å²) >= 11 is 11.7. The van der Waals surface area contributed by atoms with E-state index < -0.39 is 29.2 Å². The van der Waals surface area contributed by atoms with Gasteiger partial charge in [0.05, 0.1) is 26.1 Å². The molecule has 0 fully saturated rings. The zero-order valence-corrected chi connectivity index (χ0v) is 14.4. The molecule has 0 bridgehead atoms. The van der Waals surface area contributed by atoms with Crippen molar-refractivity contribution in [2.24, 2.45) is 0 Å². The Morgan fingerprint density at radius 1 is 1.08 bits per heavy atom. The molecule has 132 valence electrons. The summed E-state index contributed by atoms with van der Waals surface area (Å²) in [5.41, 5.74) is 0.0970. The first-order valence-corrected chi connectivity index (χ1v) is 7.93. The molecule has 2 aromatic carbocycles. The van der Waals surface area contributed by atoms with Crippen LogP contribution in [0.25, 0.3) is 0 Å². The van der Waals surface area contributed by atoms with Crippen molar-refractivity contribution in [3.05, 3.63) is 67.7 Å². The van der Waals surface area contributed by atoms with Gasteiger partial charge in [-0.2, -0.15) is 0 Å². The summed E-state index contributed by atoms with van der Waals surface area (Å²) in [6.45, 7) is -0.551. The van der Waals surface area contributed by atoms with Gasteiger partial charge in [0.25, 0.3) is 17.5 Å². The topological polar surface area (TPSA) is 110 Å². The number of fused-ring (bicyclic) bond motifs is 1. The third-order valence-corrected chi connectivity index (χ3v) is 4.38. The third-order valence-electron chi connectivity index (χ3n) is 3.65. The lowest BCUT2D eigenvalue weighted by Gasteiger charge is -2.13. The summed E-state index contributed by atoms with van der Waals surface area (Å²) < 4.78 is 0. The lowest BCUT2D eigenvalue weighted by Crippen LogP contribution is -2.37. The van der Waals surface area contributed by atoms with Crippen LogP contribution in [0.2, 0.25) is 10.0 Å². The van der Waals surface area contributed by atoms with Crippen LogP contribution in [0.5, 0.6) is 0 Å². The fraction of sp³-hybridized carbons (Fsp3) is 0.0625. The molecule has 0 spiro atoms. The smallest absolute Gasteiger partial charge is 0.271 e. The Morgan fingerprint density at radius 3 is 2.19 bits per heavy atom. The molecule has 26 heavy (non-hydrogen) atoms. The van der Waals surface area contributed by atoms with Gasteiger partial charge < -0.3 is 5.32 Å². The first-order chi connectivity index (χ1) is 12.3. The molecule has 0 aliphatic carbocycles. The first-order valence-electron chi connectivity index (χ1n) is 7.17. The first kappa shape index (κ1) is 17.8. The minimum absolute atomic E-state index is 0.0625. The number of nitrogens with zero attached hydrogens (tertiary/aromatic N) is 2. The van der Waals surface area contributed by atoms with Crippen LogP contribution in [0.1, 0.15) is 20.7 Å². The van der Waals surface area contributed by atoms with E-state index in [4.69, 9.17) is 23.2 Å². The van der Waals surface area contributed by atoms with E-state index in [0.29, 0.717) is 0 Å². The number of amides is 3. The molecule has 0 atom stereocenters. The summed E-state index contributed by atoms with van der Waals surface area (Å²) in [5, 5.41) is 13.4. The molecule has 0 saturated carbocycles. The number of non-ortho nitro benzene ring substituents is 1. The third kappa shape index (κ3) is 3.24. The van der Waals surface area contributed by atoms with Gasteiger partial charge in [0.1, 0.15) is 6.54 Å². The highest BCUT2D eigenvalue weighted by Crippen LogP contribution is 2.31. The Morgan fingerprint density at radius 2 is 1.65 bits per heavy atom. The average molecular weight is 394 g/mol. The van der Waals surface area contributed by atoms with Crippen LogP contribution in [0.3, 0.4) is 0 Å². The Bertz CT molecular complexity index is 935. The zero-order valence-electron chi connectivity index (χ0n) is 12.9. The van der Waals surface area contributed by atoms with Crippen LogP contribution < -0.4 is 5.32 Å². The van der Waals surface area contributed by atoms with Gasteiger partial charge in [0.2, 0.25) is 5.91 Å². The van der Waals surface area contributed by atoms with Crippen molar-refractivity contribution in [3.63, 3.8) is 0 Å². The van der Waals surface area contributed by atoms with Crippen LogP contribution in [0.4, 0.5) is 11.4 Å². The molecule has 1 aliphatic heterocycles. The highest BCUT2D eigenvalue weighted by atomic mass is 35.5. The fourth-order valence-electron chi connectivity index (χ4n) is 2.47.